The molecule has 2 N–H and O–H groups in total. The Morgan fingerprint density at radius 3 is 2.19 bits per heavy atom. The highest BCUT2D eigenvalue weighted by Gasteiger charge is 2.21. The highest BCUT2D eigenvalue weighted by molar-refractivity contribution is 6.06. The van der Waals surface area contributed by atoms with E-state index in [2.05, 4.69) is 24.1 Å². The zero-order chi connectivity index (χ0) is 16.2. The molecule has 0 aliphatic rings. The van der Waals surface area contributed by atoms with Crippen LogP contribution in [0, 0.1) is 13.8 Å². The van der Waals surface area contributed by atoms with Gasteiger partial charge in [0.1, 0.15) is 0 Å². The first-order valence-corrected chi connectivity index (χ1v) is 7.07. The van der Waals surface area contributed by atoms with Crippen LogP contribution in [0.15, 0.2) is 12.1 Å². The summed E-state index contributed by atoms with van der Waals surface area (Å²) in [6.45, 7) is 8.81. The molecule has 1 aromatic carbocycles. The number of hydrogen-bond acceptors (Lipinski definition) is 3. The fourth-order valence-electron chi connectivity index (χ4n) is 2.07. The van der Waals surface area contributed by atoms with E-state index in [4.69, 9.17) is 0 Å². The van der Waals surface area contributed by atoms with E-state index in [-0.39, 0.29) is 17.0 Å². The fourth-order valence-corrected chi connectivity index (χ4v) is 2.07. The Hall–Kier alpha value is -1.88. The number of nitrogens with one attached hydrogen (secondary N) is 1. The van der Waals surface area contributed by atoms with Crippen LogP contribution in [-0.4, -0.2) is 48.1 Å². The topological polar surface area (TPSA) is 69.6 Å². The Bertz CT molecular complexity index is 539. The van der Waals surface area contributed by atoms with Crippen molar-refractivity contribution in [1.29, 1.82) is 0 Å². The molecule has 1 aromatic rings. The fraction of sp³-hybridized carbons (Fsp3) is 0.500. The quantitative estimate of drug-likeness (QED) is 0.842. The van der Waals surface area contributed by atoms with Crippen LogP contribution in [-0.2, 0) is 0 Å². The lowest BCUT2D eigenvalue weighted by Gasteiger charge is -2.21. The van der Waals surface area contributed by atoms with Crippen molar-refractivity contribution >= 4 is 11.9 Å². The summed E-state index contributed by atoms with van der Waals surface area (Å²) < 4.78 is 0. The van der Waals surface area contributed by atoms with Gasteiger partial charge in [0.15, 0.2) is 0 Å². The van der Waals surface area contributed by atoms with Gasteiger partial charge in [0, 0.05) is 19.1 Å². The van der Waals surface area contributed by atoms with Crippen LogP contribution >= 0.6 is 0 Å². The largest absolute Gasteiger partial charge is 0.478 e. The van der Waals surface area contributed by atoms with Crippen molar-refractivity contribution in [3.8, 4) is 0 Å². The Morgan fingerprint density at radius 1 is 1.19 bits per heavy atom. The van der Waals surface area contributed by atoms with E-state index >= 15 is 0 Å². The lowest BCUT2D eigenvalue weighted by atomic mass is 9.96. The standard InChI is InChI=1S/C16H24N2O3/c1-10(2)18(5)9-8-17-15(19)13-11(3)6-7-12(4)14(13)16(20)21/h6-7,10H,8-9H2,1-5H3,(H,17,19)(H,20,21). The third-order valence-corrected chi connectivity index (χ3v) is 3.69. The van der Waals surface area contributed by atoms with Crippen molar-refractivity contribution in [2.75, 3.05) is 20.1 Å². The van der Waals surface area contributed by atoms with Crippen LogP contribution in [0.3, 0.4) is 0 Å². The summed E-state index contributed by atoms with van der Waals surface area (Å²) in [6.07, 6.45) is 0. The molecule has 0 unspecified atom stereocenters. The van der Waals surface area contributed by atoms with Crippen LogP contribution in [0.4, 0.5) is 0 Å². The molecule has 0 fully saturated rings. The first-order chi connectivity index (χ1) is 9.75. The van der Waals surface area contributed by atoms with Crippen molar-refractivity contribution in [1.82, 2.24) is 10.2 Å². The summed E-state index contributed by atoms with van der Waals surface area (Å²) in [5.41, 5.74) is 1.62. The summed E-state index contributed by atoms with van der Waals surface area (Å²) in [7, 11) is 1.98. The molecule has 0 saturated heterocycles. The summed E-state index contributed by atoms with van der Waals surface area (Å²) >= 11 is 0. The van der Waals surface area contributed by atoms with E-state index in [1.165, 1.54) is 0 Å². The minimum atomic E-state index is -1.07. The second kappa shape index (κ2) is 7.22. The molecular weight excluding hydrogens is 268 g/mol. The Kier molecular flexibility index (Phi) is 5.90. The van der Waals surface area contributed by atoms with E-state index in [1.54, 1.807) is 26.0 Å². The monoisotopic (exact) mass is 292 g/mol. The minimum Gasteiger partial charge on any atom is -0.478 e. The third kappa shape index (κ3) is 4.29. The third-order valence-electron chi connectivity index (χ3n) is 3.69. The van der Waals surface area contributed by atoms with Crippen LogP contribution in [0.1, 0.15) is 45.7 Å². The molecule has 0 aromatic heterocycles. The molecule has 5 heteroatoms. The normalized spacial score (nSPS) is 11.0. The van der Waals surface area contributed by atoms with E-state index in [0.29, 0.717) is 23.7 Å². The highest BCUT2D eigenvalue weighted by atomic mass is 16.4. The van der Waals surface area contributed by atoms with Crippen molar-refractivity contribution in [2.24, 2.45) is 0 Å². The molecule has 0 atom stereocenters. The van der Waals surface area contributed by atoms with Crippen LogP contribution in [0.5, 0.6) is 0 Å². The Balaban J connectivity index is 2.88. The van der Waals surface area contributed by atoms with Gasteiger partial charge in [0.2, 0.25) is 0 Å². The number of benzene rings is 1. The number of carbonyl (C=O) groups excluding carboxylic acids is 1. The van der Waals surface area contributed by atoms with E-state index in [9.17, 15) is 14.7 Å². The molecule has 116 valence electrons. The number of rotatable bonds is 6. The molecular formula is C16H24N2O3. The number of hydrogen-bond donors (Lipinski definition) is 2. The lowest BCUT2D eigenvalue weighted by molar-refractivity contribution is 0.0690. The second-order valence-electron chi connectivity index (χ2n) is 5.58. The maximum Gasteiger partial charge on any atom is 0.336 e. The zero-order valence-corrected chi connectivity index (χ0v) is 13.4. The van der Waals surface area contributed by atoms with Crippen molar-refractivity contribution in [3.63, 3.8) is 0 Å². The molecule has 1 rings (SSSR count). The number of aryl methyl sites for hydroxylation is 2. The average molecular weight is 292 g/mol. The van der Waals surface area contributed by atoms with Gasteiger partial charge in [0.05, 0.1) is 11.1 Å². The molecule has 0 heterocycles. The van der Waals surface area contributed by atoms with Crippen LogP contribution in [0.25, 0.3) is 0 Å². The number of nitrogens with zero attached hydrogens (tertiary/aromatic N) is 1. The van der Waals surface area contributed by atoms with Crippen molar-refractivity contribution in [2.45, 2.75) is 33.7 Å². The number of amides is 1. The van der Waals surface area contributed by atoms with Crippen molar-refractivity contribution < 1.29 is 14.7 Å². The first kappa shape index (κ1) is 17.2. The van der Waals surface area contributed by atoms with E-state index < -0.39 is 5.97 Å². The Morgan fingerprint density at radius 2 is 1.71 bits per heavy atom. The van der Waals surface area contributed by atoms with Gasteiger partial charge in [-0.2, -0.15) is 0 Å². The Labute approximate surface area is 126 Å². The summed E-state index contributed by atoms with van der Waals surface area (Å²) in [5.74, 6) is -1.40. The zero-order valence-electron chi connectivity index (χ0n) is 13.4. The lowest BCUT2D eigenvalue weighted by Crippen LogP contribution is -2.36. The maximum atomic E-state index is 12.3. The molecule has 0 bridgehead atoms. The van der Waals surface area contributed by atoms with E-state index in [0.717, 1.165) is 6.54 Å². The van der Waals surface area contributed by atoms with Crippen LogP contribution in [0.2, 0.25) is 0 Å². The van der Waals surface area contributed by atoms with Gasteiger partial charge in [-0.05, 0) is 45.9 Å². The number of aromatic carboxylic acids is 1. The van der Waals surface area contributed by atoms with Crippen molar-refractivity contribution in [3.05, 3.63) is 34.4 Å². The number of carboxylic acids is 1. The van der Waals surface area contributed by atoms with Crippen LogP contribution < -0.4 is 5.32 Å². The van der Waals surface area contributed by atoms with Gasteiger partial charge in [-0.1, -0.05) is 12.1 Å². The van der Waals surface area contributed by atoms with Gasteiger partial charge in [0.25, 0.3) is 5.91 Å². The smallest absolute Gasteiger partial charge is 0.336 e. The number of carboxylic acid groups (broad SMARTS) is 1. The molecule has 0 spiro atoms. The summed E-state index contributed by atoms with van der Waals surface area (Å²) in [4.78, 5) is 25.8. The number of likely N-dealkylation sites (N-methyl/N-ethyl adjacent to an activating group) is 1. The first-order valence-electron chi connectivity index (χ1n) is 7.07. The van der Waals surface area contributed by atoms with Gasteiger partial charge in [-0.15, -0.1) is 0 Å². The van der Waals surface area contributed by atoms with Gasteiger partial charge >= 0.3 is 5.97 Å². The molecule has 1 amide bonds. The highest BCUT2D eigenvalue weighted by Crippen LogP contribution is 2.18. The molecule has 5 nitrogen and oxygen atoms in total. The van der Waals surface area contributed by atoms with Gasteiger partial charge in [-0.25, -0.2) is 4.79 Å². The minimum absolute atomic E-state index is 0.0877. The molecule has 0 saturated carbocycles. The second-order valence-corrected chi connectivity index (χ2v) is 5.58. The molecule has 0 aliphatic heterocycles. The predicted molar refractivity (Wildman–Crippen MR) is 83.0 cm³/mol. The van der Waals surface area contributed by atoms with Gasteiger partial charge < -0.3 is 15.3 Å². The molecule has 0 aliphatic carbocycles. The number of carbonyl (C=O) groups is 2. The maximum absolute atomic E-state index is 12.3. The molecule has 0 radical (unpaired) electrons. The predicted octanol–water partition coefficient (Wildman–Crippen LogP) is 2.07. The molecule has 21 heavy (non-hydrogen) atoms. The summed E-state index contributed by atoms with van der Waals surface area (Å²) in [6, 6.07) is 3.90. The SMILES string of the molecule is Cc1ccc(C)c(C(=O)NCCN(C)C(C)C)c1C(=O)O. The summed E-state index contributed by atoms with van der Waals surface area (Å²) in [5, 5.41) is 12.1. The van der Waals surface area contributed by atoms with E-state index in [1.807, 2.05) is 7.05 Å². The van der Waals surface area contributed by atoms with Gasteiger partial charge in [-0.3, -0.25) is 4.79 Å². The average Bonchev–Trinajstić information content (AvgIpc) is 2.40.